The zero-order valence-electron chi connectivity index (χ0n) is 19.3. The third-order valence-corrected chi connectivity index (χ3v) is 5.14. The van der Waals surface area contributed by atoms with Crippen molar-refractivity contribution >= 4 is 15.9 Å². The molecule has 0 aliphatic heterocycles. The van der Waals surface area contributed by atoms with E-state index in [0.29, 0.717) is 0 Å². The molecule has 0 saturated heterocycles. The molecular weight excluding hydrogens is 384 g/mol. The summed E-state index contributed by atoms with van der Waals surface area (Å²) in [5.41, 5.74) is 1.18. The Morgan fingerprint density at radius 1 is 0.923 bits per heavy atom. The van der Waals surface area contributed by atoms with Gasteiger partial charge in [0.1, 0.15) is 5.76 Å². The first-order chi connectivity index (χ1) is 12.4. The Morgan fingerprint density at radius 2 is 1.46 bits per heavy atom. The van der Waals surface area contributed by atoms with E-state index >= 15 is 0 Å². The maximum Gasteiger partial charge on any atom is 0.115 e. The standard InChI is InChI=1S/C15H25BrO.C5H12.C4H10/c1-6-12(4)9-10-17-14(7-2)11-13(5)15(16)8-3;1-3-5-4-2;1-3-4-2/h7-8,11-12H,6,9-10H2,1-5H3;3-5H2,1-2H3;3-4H2,1-2H3/b13-11-,14-7+,15-8+;;. The van der Waals surface area contributed by atoms with Crippen molar-refractivity contribution in [2.45, 2.75) is 107 Å². The largest absolute Gasteiger partial charge is 0.494 e. The highest BCUT2D eigenvalue weighted by Crippen LogP contribution is 2.19. The van der Waals surface area contributed by atoms with Crippen LogP contribution in [-0.4, -0.2) is 6.61 Å². The van der Waals surface area contributed by atoms with Gasteiger partial charge in [0.25, 0.3) is 0 Å². The molecule has 0 rings (SSSR count). The van der Waals surface area contributed by atoms with E-state index in [1.807, 2.05) is 26.0 Å². The summed E-state index contributed by atoms with van der Waals surface area (Å²) >= 11 is 3.51. The van der Waals surface area contributed by atoms with Crippen LogP contribution in [0, 0.1) is 5.92 Å². The van der Waals surface area contributed by atoms with Crippen LogP contribution in [0.2, 0.25) is 0 Å². The van der Waals surface area contributed by atoms with E-state index in [-0.39, 0.29) is 0 Å². The van der Waals surface area contributed by atoms with Crippen molar-refractivity contribution in [3.05, 3.63) is 34.0 Å². The third kappa shape index (κ3) is 23.5. The fourth-order valence-corrected chi connectivity index (χ4v) is 1.77. The van der Waals surface area contributed by atoms with Gasteiger partial charge in [-0.1, -0.05) is 102 Å². The smallest absolute Gasteiger partial charge is 0.115 e. The van der Waals surface area contributed by atoms with Gasteiger partial charge >= 0.3 is 0 Å². The average molecular weight is 432 g/mol. The highest BCUT2D eigenvalue weighted by molar-refractivity contribution is 9.12. The molecule has 26 heavy (non-hydrogen) atoms. The molecule has 0 N–H and O–H groups in total. The van der Waals surface area contributed by atoms with Crippen LogP contribution in [0.15, 0.2) is 34.0 Å². The summed E-state index contributed by atoms with van der Waals surface area (Å²) in [5, 5.41) is 0. The van der Waals surface area contributed by atoms with Gasteiger partial charge in [0.15, 0.2) is 0 Å². The van der Waals surface area contributed by atoms with Gasteiger partial charge in [-0.15, -0.1) is 0 Å². The summed E-state index contributed by atoms with van der Waals surface area (Å²) in [6.07, 6.45) is 15.2. The average Bonchev–Trinajstić information content (AvgIpc) is 2.67. The molecule has 0 heterocycles. The van der Waals surface area contributed by atoms with Gasteiger partial charge in [-0.25, -0.2) is 0 Å². The second-order valence-electron chi connectivity index (χ2n) is 6.66. The van der Waals surface area contributed by atoms with E-state index in [4.69, 9.17) is 4.74 Å². The quantitative estimate of drug-likeness (QED) is 0.247. The Morgan fingerprint density at radius 3 is 1.77 bits per heavy atom. The number of hydrogen-bond acceptors (Lipinski definition) is 1. The van der Waals surface area contributed by atoms with Gasteiger partial charge in [-0.3, -0.25) is 0 Å². The van der Waals surface area contributed by atoms with Gasteiger partial charge in [-0.2, -0.15) is 0 Å². The zero-order chi connectivity index (χ0) is 20.8. The Balaban J connectivity index is -0.000000484. The molecule has 2 heteroatoms. The second-order valence-corrected chi connectivity index (χ2v) is 7.51. The lowest BCUT2D eigenvalue weighted by atomic mass is 10.1. The predicted octanol–water partition coefficient (Wildman–Crippen LogP) is 9.59. The van der Waals surface area contributed by atoms with Crippen LogP contribution < -0.4 is 0 Å². The lowest BCUT2D eigenvalue weighted by Gasteiger charge is -2.11. The van der Waals surface area contributed by atoms with E-state index in [1.165, 1.54) is 44.1 Å². The van der Waals surface area contributed by atoms with Gasteiger partial charge < -0.3 is 4.74 Å². The topological polar surface area (TPSA) is 9.23 Å². The van der Waals surface area contributed by atoms with E-state index in [2.05, 4.69) is 70.5 Å². The molecule has 1 nitrogen and oxygen atoms in total. The molecule has 0 bridgehead atoms. The molecule has 0 radical (unpaired) electrons. The molecule has 0 amide bonds. The molecule has 0 aromatic rings. The Labute approximate surface area is 174 Å². The Kier molecular flexibility index (Phi) is 28.5. The summed E-state index contributed by atoms with van der Waals surface area (Å²) in [6.45, 7) is 20.2. The van der Waals surface area contributed by atoms with Crippen LogP contribution in [0.1, 0.15) is 107 Å². The van der Waals surface area contributed by atoms with E-state index in [9.17, 15) is 0 Å². The van der Waals surface area contributed by atoms with Crippen molar-refractivity contribution in [1.29, 1.82) is 0 Å². The number of halogens is 1. The van der Waals surface area contributed by atoms with Crippen LogP contribution in [0.5, 0.6) is 0 Å². The fraction of sp³-hybridized carbons (Fsp3) is 0.750. The minimum absolute atomic E-state index is 0.737. The van der Waals surface area contributed by atoms with E-state index in [0.717, 1.165) is 29.2 Å². The van der Waals surface area contributed by atoms with Gasteiger partial charge in [0.2, 0.25) is 0 Å². The van der Waals surface area contributed by atoms with Gasteiger partial charge in [-0.05, 0) is 50.8 Å². The second kappa shape index (κ2) is 24.5. The molecule has 1 unspecified atom stereocenters. The molecule has 0 spiro atoms. The molecule has 1 atom stereocenters. The summed E-state index contributed by atoms with van der Waals surface area (Å²) in [5.74, 6) is 1.69. The third-order valence-electron chi connectivity index (χ3n) is 4.06. The zero-order valence-corrected chi connectivity index (χ0v) is 20.8. The number of unbranched alkanes of at least 4 members (excludes halogenated alkanes) is 3. The van der Waals surface area contributed by atoms with E-state index < -0.39 is 0 Å². The minimum atomic E-state index is 0.737. The van der Waals surface area contributed by atoms with Crippen molar-refractivity contribution in [3.63, 3.8) is 0 Å². The first kappa shape index (κ1) is 30.2. The SMILES string of the molecule is CCCC.CCCCC.C\C=C(/C=C(C)\C(Br)=C/C)OCCC(C)CC. The number of rotatable bonds is 10. The number of hydrogen-bond donors (Lipinski definition) is 0. The maximum absolute atomic E-state index is 5.77. The molecular formula is C24H47BrO. The molecule has 0 fully saturated rings. The lowest BCUT2D eigenvalue weighted by Crippen LogP contribution is -2.00. The molecule has 0 aromatic carbocycles. The lowest BCUT2D eigenvalue weighted by molar-refractivity contribution is 0.202. The van der Waals surface area contributed by atoms with Crippen LogP contribution >= 0.6 is 15.9 Å². The fourth-order valence-electron chi connectivity index (χ4n) is 1.65. The van der Waals surface area contributed by atoms with Crippen molar-refractivity contribution < 1.29 is 4.74 Å². The van der Waals surface area contributed by atoms with Gasteiger partial charge in [0, 0.05) is 4.48 Å². The monoisotopic (exact) mass is 430 g/mol. The Hall–Kier alpha value is -0.500. The number of allylic oxidation sites excluding steroid dienone is 5. The normalized spacial score (nSPS) is 13.2. The van der Waals surface area contributed by atoms with Crippen LogP contribution in [-0.2, 0) is 4.74 Å². The molecule has 0 aliphatic rings. The summed E-state index contributed by atoms with van der Waals surface area (Å²) in [6, 6.07) is 0. The van der Waals surface area contributed by atoms with Crippen molar-refractivity contribution in [2.24, 2.45) is 5.92 Å². The maximum atomic E-state index is 5.77. The van der Waals surface area contributed by atoms with E-state index in [1.54, 1.807) is 0 Å². The predicted molar refractivity (Wildman–Crippen MR) is 126 cm³/mol. The highest BCUT2D eigenvalue weighted by Gasteiger charge is 2.01. The number of ether oxygens (including phenoxy) is 1. The molecule has 156 valence electrons. The van der Waals surface area contributed by atoms with Gasteiger partial charge in [0.05, 0.1) is 6.61 Å². The Bertz CT molecular complexity index is 362. The minimum Gasteiger partial charge on any atom is -0.494 e. The molecule has 0 saturated carbocycles. The molecule has 0 aliphatic carbocycles. The van der Waals surface area contributed by atoms with Crippen LogP contribution in [0.3, 0.4) is 0 Å². The molecule has 0 aromatic heterocycles. The first-order valence-electron chi connectivity index (χ1n) is 10.7. The summed E-state index contributed by atoms with van der Waals surface area (Å²) < 4.78 is 6.88. The highest BCUT2D eigenvalue weighted by atomic mass is 79.9. The summed E-state index contributed by atoms with van der Waals surface area (Å²) in [4.78, 5) is 0. The van der Waals surface area contributed by atoms with Crippen molar-refractivity contribution in [1.82, 2.24) is 0 Å². The van der Waals surface area contributed by atoms with Crippen LogP contribution in [0.25, 0.3) is 0 Å². The van der Waals surface area contributed by atoms with Crippen molar-refractivity contribution in [3.8, 4) is 0 Å². The first-order valence-corrected chi connectivity index (χ1v) is 11.5. The van der Waals surface area contributed by atoms with Crippen LogP contribution in [0.4, 0.5) is 0 Å². The van der Waals surface area contributed by atoms with Crippen molar-refractivity contribution in [2.75, 3.05) is 6.61 Å². The summed E-state index contributed by atoms with van der Waals surface area (Å²) in [7, 11) is 0.